The molecule has 1 heterocycles. The van der Waals surface area contributed by atoms with Crippen LogP contribution in [0.15, 0.2) is 28.7 Å². The van der Waals surface area contributed by atoms with Gasteiger partial charge in [-0.25, -0.2) is 0 Å². The van der Waals surface area contributed by atoms with Crippen molar-refractivity contribution in [3.63, 3.8) is 0 Å². The zero-order valence-corrected chi connectivity index (χ0v) is 11.9. The number of benzene rings is 1. The number of piperazine rings is 1. The third-order valence-corrected chi connectivity index (χ3v) is 3.93. The van der Waals surface area contributed by atoms with Gasteiger partial charge >= 0.3 is 0 Å². The Labute approximate surface area is 112 Å². The Morgan fingerprint density at radius 1 is 1.29 bits per heavy atom. The Kier molecular flexibility index (Phi) is 4.56. The number of rotatable bonds is 3. The van der Waals surface area contributed by atoms with Gasteiger partial charge < -0.3 is 10.6 Å². The van der Waals surface area contributed by atoms with E-state index in [0.29, 0.717) is 12.6 Å². The maximum Gasteiger partial charge on any atom is 0.0471 e. The Hall–Kier alpha value is -0.420. The molecule has 0 aromatic heterocycles. The van der Waals surface area contributed by atoms with E-state index < -0.39 is 0 Å². The van der Waals surface area contributed by atoms with Crippen LogP contribution in [-0.2, 0) is 0 Å². The highest BCUT2D eigenvalue weighted by atomic mass is 79.9. The molecule has 1 aliphatic heterocycles. The Morgan fingerprint density at radius 3 is 2.59 bits per heavy atom. The first kappa shape index (κ1) is 13.0. The molecular weight excluding hydrogens is 278 g/mol. The average molecular weight is 298 g/mol. The highest BCUT2D eigenvalue weighted by Gasteiger charge is 2.22. The first-order valence-corrected chi connectivity index (χ1v) is 6.88. The van der Waals surface area contributed by atoms with E-state index in [9.17, 15) is 0 Å². The van der Waals surface area contributed by atoms with Gasteiger partial charge in [0.05, 0.1) is 0 Å². The van der Waals surface area contributed by atoms with Crippen LogP contribution in [0, 0.1) is 0 Å². The summed E-state index contributed by atoms with van der Waals surface area (Å²) in [5.41, 5.74) is 7.26. The summed E-state index contributed by atoms with van der Waals surface area (Å²) in [6, 6.07) is 8.83. The van der Waals surface area contributed by atoms with E-state index in [1.807, 2.05) is 0 Å². The number of hydrogen-bond acceptors (Lipinski definition) is 3. The zero-order valence-electron chi connectivity index (χ0n) is 10.3. The molecule has 4 heteroatoms. The predicted molar refractivity (Wildman–Crippen MR) is 75.0 cm³/mol. The van der Waals surface area contributed by atoms with Gasteiger partial charge in [0.2, 0.25) is 0 Å². The molecule has 0 bridgehead atoms. The van der Waals surface area contributed by atoms with Crippen LogP contribution < -0.4 is 5.73 Å². The monoisotopic (exact) mass is 297 g/mol. The quantitative estimate of drug-likeness (QED) is 0.922. The summed E-state index contributed by atoms with van der Waals surface area (Å²) in [6.07, 6.45) is 0. The van der Waals surface area contributed by atoms with Crippen LogP contribution in [0.2, 0.25) is 0 Å². The van der Waals surface area contributed by atoms with Crippen molar-refractivity contribution in [2.45, 2.75) is 6.04 Å². The van der Waals surface area contributed by atoms with Gasteiger partial charge in [-0.05, 0) is 24.7 Å². The molecule has 1 atom stereocenters. The number of halogens is 1. The van der Waals surface area contributed by atoms with E-state index in [1.54, 1.807) is 0 Å². The van der Waals surface area contributed by atoms with Crippen molar-refractivity contribution < 1.29 is 0 Å². The lowest BCUT2D eigenvalue weighted by Crippen LogP contribution is -2.47. The van der Waals surface area contributed by atoms with Crippen molar-refractivity contribution in [2.24, 2.45) is 5.73 Å². The van der Waals surface area contributed by atoms with E-state index >= 15 is 0 Å². The zero-order chi connectivity index (χ0) is 12.3. The fourth-order valence-electron chi connectivity index (χ4n) is 2.34. The molecule has 3 nitrogen and oxygen atoms in total. The Balaban J connectivity index is 2.10. The van der Waals surface area contributed by atoms with Crippen LogP contribution in [-0.4, -0.2) is 49.6 Å². The fourth-order valence-corrected chi connectivity index (χ4v) is 2.76. The number of hydrogen-bond donors (Lipinski definition) is 1. The van der Waals surface area contributed by atoms with Gasteiger partial charge in [-0.3, -0.25) is 4.90 Å². The Morgan fingerprint density at radius 2 is 2.00 bits per heavy atom. The smallest absolute Gasteiger partial charge is 0.0471 e. The molecule has 1 aromatic carbocycles. The van der Waals surface area contributed by atoms with Crippen molar-refractivity contribution in [3.8, 4) is 0 Å². The first-order valence-electron chi connectivity index (χ1n) is 6.09. The van der Waals surface area contributed by atoms with Crippen LogP contribution in [0.1, 0.15) is 11.6 Å². The SMILES string of the molecule is CN1CCN(C(CN)c2cccc(Br)c2)CC1. The summed E-state index contributed by atoms with van der Waals surface area (Å²) in [7, 11) is 2.17. The minimum atomic E-state index is 0.348. The van der Waals surface area contributed by atoms with Gasteiger partial charge in [-0.1, -0.05) is 28.1 Å². The molecule has 1 fully saturated rings. The second-order valence-corrected chi connectivity index (χ2v) is 5.56. The Bertz CT molecular complexity index is 361. The maximum atomic E-state index is 5.95. The molecule has 0 aliphatic carbocycles. The third-order valence-electron chi connectivity index (χ3n) is 3.44. The normalized spacial score (nSPS) is 20.4. The van der Waals surface area contributed by atoms with Crippen molar-refractivity contribution in [1.29, 1.82) is 0 Å². The molecule has 1 aromatic rings. The molecule has 0 saturated carbocycles. The molecule has 1 saturated heterocycles. The van der Waals surface area contributed by atoms with E-state index in [2.05, 4.69) is 57.0 Å². The van der Waals surface area contributed by atoms with Crippen LogP contribution in [0.3, 0.4) is 0 Å². The van der Waals surface area contributed by atoms with Gasteiger partial charge in [0, 0.05) is 43.2 Å². The topological polar surface area (TPSA) is 32.5 Å². The molecule has 17 heavy (non-hydrogen) atoms. The van der Waals surface area contributed by atoms with E-state index in [-0.39, 0.29) is 0 Å². The molecule has 0 amide bonds. The summed E-state index contributed by atoms with van der Waals surface area (Å²) in [4.78, 5) is 4.85. The standard InChI is InChI=1S/C13H20BrN3/c1-16-5-7-17(8-6-16)13(10-15)11-3-2-4-12(14)9-11/h2-4,9,13H,5-8,10,15H2,1H3. The minimum Gasteiger partial charge on any atom is -0.329 e. The lowest BCUT2D eigenvalue weighted by atomic mass is 10.0. The average Bonchev–Trinajstić information content (AvgIpc) is 2.33. The summed E-state index contributed by atoms with van der Waals surface area (Å²) in [5, 5.41) is 0. The summed E-state index contributed by atoms with van der Waals surface area (Å²) >= 11 is 3.53. The largest absolute Gasteiger partial charge is 0.329 e. The van der Waals surface area contributed by atoms with Gasteiger partial charge in [-0.15, -0.1) is 0 Å². The summed E-state index contributed by atoms with van der Waals surface area (Å²) in [5.74, 6) is 0. The number of likely N-dealkylation sites (N-methyl/N-ethyl adjacent to an activating group) is 1. The maximum absolute atomic E-state index is 5.95. The molecule has 0 radical (unpaired) electrons. The fraction of sp³-hybridized carbons (Fsp3) is 0.538. The van der Waals surface area contributed by atoms with Crippen molar-refractivity contribution in [1.82, 2.24) is 9.80 Å². The van der Waals surface area contributed by atoms with Gasteiger partial charge in [0.1, 0.15) is 0 Å². The molecule has 0 spiro atoms. The second-order valence-electron chi connectivity index (χ2n) is 4.65. The van der Waals surface area contributed by atoms with Crippen LogP contribution in [0.4, 0.5) is 0 Å². The molecular formula is C13H20BrN3. The molecule has 2 rings (SSSR count). The van der Waals surface area contributed by atoms with E-state index in [0.717, 1.165) is 30.7 Å². The lowest BCUT2D eigenvalue weighted by molar-refractivity contribution is 0.114. The van der Waals surface area contributed by atoms with E-state index in [1.165, 1.54) is 5.56 Å². The van der Waals surface area contributed by atoms with Gasteiger partial charge in [0.15, 0.2) is 0 Å². The van der Waals surface area contributed by atoms with E-state index in [4.69, 9.17) is 5.73 Å². The first-order chi connectivity index (χ1) is 8.20. The molecule has 1 unspecified atom stereocenters. The highest BCUT2D eigenvalue weighted by Crippen LogP contribution is 2.23. The van der Waals surface area contributed by atoms with Gasteiger partial charge in [-0.2, -0.15) is 0 Å². The van der Waals surface area contributed by atoms with Crippen LogP contribution >= 0.6 is 15.9 Å². The van der Waals surface area contributed by atoms with Crippen molar-refractivity contribution >= 4 is 15.9 Å². The third kappa shape index (κ3) is 3.28. The predicted octanol–water partition coefficient (Wildman–Crippen LogP) is 1.70. The minimum absolute atomic E-state index is 0.348. The molecule has 1 aliphatic rings. The highest BCUT2D eigenvalue weighted by molar-refractivity contribution is 9.10. The summed E-state index contributed by atoms with van der Waals surface area (Å²) in [6.45, 7) is 5.14. The number of nitrogens with two attached hydrogens (primary N) is 1. The molecule has 2 N–H and O–H groups in total. The molecule has 94 valence electrons. The van der Waals surface area contributed by atoms with Crippen LogP contribution in [0.25, 0.3) is 0 Å². The summed E-state index contributed by atoms with van der Waals surface area (Å²) < 4.78 is 1.13. The second kappa shape index (κ2) is 5.96. The van der Waals surface area contributed by atoms with Crippen LogP contribution in [0.5, 0.6) is 0 Å². The van der Waals surface area contributed by atoms with Gasteiger partial charge in [0.25, 0.3) is 0 Å². The van der Waals surface area contributed by atoms with Crippen molar-refractivity contribution in [3.05, 3.63) is 34.3 Å². The lowest BCUT2D eigenvalue weighted by Gasteiger charge is -2.37. The van der Waals surface area contributed by atoms with Crippen molar-refractivity contribution in [2.75, 3.05) is 39.8 Å². The number of nitrogens with zero attached hydrogens (tertiary/aromatic N) is 2.